The molecule has 2 rings (SSSR count). The van der Waals surface area contributed by atoms with Crippen LogP contribution in [0, 0.1) is 18.2 Å². The lowest BCUT2D eigenvalue weighted by Crippen LogP contribution is -2.52. The number of hydrogen-bond donors (Lipinski definition) is 3. The first kappa shape index (κ1) is 19.1. The van der Waals surface area contributed by atoms with Gasteiger partial charge in [0, 0.05) is 11.1 Å². The van der Waals surface area contributed by atoms with Crippen molar-refractivity contribution in [1.82, 2.24) is 10.6 Å². The van der Waals surface area contributed by atoms with Gasteiger partial charge < -0.3 is 15.2 Å². The predicted molar refractivity (Wildman–Crippen MR) is 84.4 cm³/mol. The Balaban J connectivity index is 2.53. The summed E-state index contributed by atoms with van der Waals surface area (Å²) in [7, 11) is 0. The standard InChI is InChI=1S/C16H14F3N3O4/c1-3-6-20-12(23)9-4-5-11(17)10(7-9)15(2)16(18,19)8-26-13(22-15)21-14(24)25/h1,4-5,7H,6,8H2,2H3,(H,20,23)(H,21,22)(H,24,25)/t15-/m1/s1. The van der Waals surface area contributed by atoms with Gasteiger partial charge >= 0.3 is 12.0 Å². The Morgan fingerprint density at radius 2 is 2.15 bits per heavy atom. The average molecular weight is 369 g/mol. The summed E-state index contributed by atoms with van der Waals surface area (Å²) in [4.78, 5) is 26.2. The monoisotopic (exact) mass is 369 g/mol. The van der Waals surface area contributed by atoms with E-state index in [0.717, 1.165) is 25.1 Å². The minimum Gasteiger partial charge on any atom is -0.465 e. The molecule has 0 spiro atoms. The molecule has 1 aromatic carbocycles. The van der Waals surface area contributed by atoms with Crippen LogP contribution in [0.2, 0.25) is 0 Å². The number of alkyl halides is 2. The summed E-state index contributed by atoms with van der Waals surface area (Å²) in [6.07, 6.45) is 3.44. The lowest BCUT2D eigenvalue weighted by molar-refractivity contribution is -0.118. The molecule has 0 aromatic heterocycles. The van der Waals surface area contributed by atoms with Crippen LogP contribution >= 0.6 is 0 Å². The van der Waals surface area contributed by atoms with E-state index in [4.69, 9.17) is 11.5 Å². The molecule has 138 valence electrons. The van der Waals surface area contributed by atoms with Gasteiger partial charge in [-0.25, -0.2) is 19.5 Å². The number of rotatable bonds is 3. The van der Waals surface area contributed by atoms with Crippen LogP contribution in [0.1, 0.15) is 22.8 Å². The second-order valence-electron chi connectivity index (χ2n) is 5.49. The highest BCUT2D eigenvalue weighted by molar-refractivity contribution is 5.94. The first-order valence-electron chi connectivity index (χ1n) is 7.23. The highest BCUT2D eigenvalue weighted by Crippen LogP contribution is 2.44. The molecule has 1 aromatic rings. The zero-order valence-corrected chi connectivity index (χ0v) is 13.5. The molecule has 0 saturated carbocycles. The van der Waals surface area contributed by atoms with Gasteiger partial charge in [0.1, 0.15) is 5.82 Å². The lowest BCUT2D eigenvalue weighted by atomic mass is 9.84. The van der Waals surface area contributed by atoms with E-state index in [1.165, 1.54) is 0 Å². The van der Waals surface area contributed by atoms with Crippen molar-refractivity contribution in [2.45, 2.75) is 18.4 Å². The van der Waals surface area contributed by atoms with Crippen molar-refractivity contribution in [3.63, 3.8) is 0 Å². The van der Waals surface area contributed by atoms with Gasteiger partial charge in [-0.2, -0.15) is 8.78 Å². The summed E-state index contributed by atoms with van der Waals surface area (Å²) in [5.41, 5.74) is -3.21. The molecule has 0 bridgehead atoms. The molecule has 1 heterocycles. The maximum absolute atomic E-state index is 14.5. The summed E-state index contributed by atoms with van der Waals surface area (Å²) >= 11 is 0. The molecule has 1 aliphatic rings. The fourth-order valence-electron chi connectivity index (χ4n) is 2.30. The minimum absolute atomic E-state index is 0.0996. The second kappa shape index (κ2) is 6.95. The van der Waals surface area contributed by atoms with Crippen LogP contribution in [-0.2, 0) is 10.3 Å². The molecule has 26 heavy (non-hydrogen) atoms. The van der Waals surface area contributed by atoms with Crippen LogP contribution in [0.15, 0.2) is 23.2 Å². The SMILES string of the molecule is C#CCNC(=O)c1ccc(F)c([C@@]2(C)N=C(NC(=O)O)OCC2(F)F)c1. The number of carboxylic acid groups (broad SMARTS) is 1. The number of benzene rings is 1. The highest BCUT2D eigenvalue weighted by atomic mass is 19.3. The first-order valence-corrected chi connectivity index (χ1v) is 7.23. The number of carbonyl (C=O) groups is 2. The van der Waals surface area contributed by atoms with Crippen molar-refractivity contribution in [3.05, 3.63) is 35.1 Å². The molecule has 7 nitrogen and oxygen atoms in total. The van der Waals surface area contributed by atoms with Crippen LogP contribution in [0.3, 0.4) is 0 Å². The van der Waals surface area contributed by atoms with E-state index in [2.05, 4.69) is 21.0 Å². The molecular formula is C16H14F3N3O4. The smallest absolute Gasteiger partial charge is 0.412 e. The van der Waals surface area contributed by atoms with E-state index in [0.29, 0.717) is 0 Å². The van der Waals surface area contributed by atoms with Crippen molar-refractivity contribution in [2.24, 2.45) is 4.99 Å². The van der Waals surface area contributed by atoms with Crippen molar-refractivity contribution >= 4 is 18.0 Å². The Kier molecular flexibility index (Phi) is 5.11. The van der Waals surface area contributed by atoms with Gasteiger partial charge in [0.25, 0.3) is 11.9 Å². The number of halogens is 3. The zero-order chi connectivity index (χ0) is 19.5. The summed E-state index contributed by atoms with van der Waals surface area (Å²) < 4.78 is 47.8. The van der Waals surface area contributed by atoms with Gasteiger partial charge in [0.05, 0.1) is 6.54 Å². The van der Waals surface area contributed by atoms with E-state index in [-0.39, 0.29) is 12.1 Å². The van der Waals surface area contributed by atoms with Crippen molar-refractivity contribution in [2.75, 3.05) is 13.2 Å². The van der Waals surface area contributed by atoms with Gasteiger partial charge in [-0.1, -0.05) is 5.92 Å². The van der Waals surface area contributed by atoms with Crippen molar-refractivity contribution < 1.29 is 32.6 Å². The Labute approximate surface area is 146 Å². The summed E-state index contributed by atoms with van der Waals surface area (Å²) in [5.74, 6) is -3.23. The molecule has 0 radical (unpaired) electrons. The molecule has 0 aliphatic carbocycles. The highest BCUT2D eigenvalue weighted by Gasteiger charge is 2.56. The summed E-state index contributed by atoms with van der Waals surface area (Å²) in [6.45, 7) is -0.409. The largest absolute Gasteiger partial charge is 0.465 e. The molecular weight excluding hydrogens is 355 g/mol. The normalized spacial score (nSPS) is 21.0. The number of terminal acetylenes is 1. The Bertz CT molecular complexity index is 819. The van der Waals surface area contributed by atoms with Gasteiger partial charge in [0.2, 0.25) is 0 Å². The number of aliphatic imine (C=N–C) groups is 1. The molecule has 10 heteroatoms. The zero-order valence-electron chi connectivity index (χ0n) is 13.5. The maximum atomic E-state index is 14.5. The quantitative estimate of drug-likeness (QED) is 0.706. The van der Waals surface area contributed by atoms with Crippen molar-refractivity contribution in [1.29, 1.82) is 0 Å². The van der Waals surface area contributed by atoms with E-state index in [9.17, 15) is 22.8 Å². The molecule has 0 fully saturated rings. The van der Waals surface area contributed by atoms with E-state index in [1.54, 1.807) is 5.32 Å². The number of ether oxygens (including phenoxy) is 1. The lowest BCUT2D eigenvalue weighted by Gasteiger charge is -2.38. The minimum atomic E-state index is -3.68. The molecule has 2 amide bonds. The van der Waals surface area contributed by atoms with E-state index in [1.807, 2.05) is 0 Å². The van der Waals surface area contributed by atoms with E-state index < -0.39 is 47.5 Å². The number of nitrogens with zero attached hydrogens (tertiary/aromatic N) is 1. The van der Waals surface area contributed by atoms with Crippen LogP contribution in [0.5, 0.6) is 0 Å². The molecule has 0 saturated heterocycles. The molecule has 1 aliphatic heterocycles. The molecule has 0 unspecified atom stereocenters. The Morgan fingerprint density at radius 1 is 1.46 bits per heavy atom. The van der Waals surface area contributed by atoms with Crippen molar-refractivity contribution in [3.8, 4) is 12.3 Å². The van der Waals surface area contributed by atoms with Crippen LogP contribution in [0.4, 0.5) is 18.0 Å². The topological polar surface area (TPSA) is 100 Å². The van der Waals surface area contributed by atoms with Gasteiger partial charge in [-0.3, -0.25) is 4.79 Å². The first-order chi connectivity index (χ1) is 12.1. The fraction of sp³-hybridized carbons (Fsp3) is 0.312. The predicted octanol–water partition coefficient (Wildman–Crippen LogP) is 1.69. The van der Waals surface area contributed by atoms with Gasteiger partial charge in [-0.15, -0.1) is 6.42 Å². The van der Waals surface area contributed by atoms with Crippen LogP contribution < -0.4 is 10.6 Å². The van der Waals surface area contributed by atoms with Gasteiger partial charge in [-0.05, 0) is 25.1 Å². The van der Waals surface area contributed by atoms with E-state index >= 15 is 0 Å². The number of amidine groups is 1. The average Bonchev–Trinajstić information content (AvgIpc) is 2.56. The third-order valence-corrected chi connectivity index (χ3v) is 3.75. The number of amides is 2. The number of carbonyl (C=O) groups excluding carboxylic acids is 1. The molecule has 3 N–H and O–H groups in total. The summed E-state index contributed by atoms with van der Waals surface area (Å²) in [6, 6.07) is 2.16. The van der Waals surface area contributed by atoms with Crippen LogP contribution in [-0.4, -0.2) is 42.2 Å². The maximum Gasteiger partial charge on any atom is 0.412 e. The Morgan fingerprint density at radius 3 is 2.77 bits per heavy atom. The van der Waals surface area contributed by atoms with Gasteiger partial charge in [0.15, 0.2) is 12.1 Å². The third kappa shape index (κ3) is 3.56. The molecule has 1 atom stereocenters. The summed E-state index contributed by atoms with van der Waals surface area (Å²) in [5, 5.41) is 12.7. The third-order valence-electron chi connectivity index (χ3n) is 3.75. The number of nitrogens with one attached hydrogen (secondary N) is 2. The number of hydrogen-bond acceptors (Lipinski definition) is 4. The van der Waals surface area contributed by atoms with Crippen LogP contribution in [0.25, 0.3) is 0 Å². The Hall–Kier alpha value is -3.22. The second-order valence-corrected chi connectivity index (χ2v) is 5.49. The fourth-order valence-corrected chi connectivity index (χ4v) is 2.30.